The highest BCUT2D eigenvalue weighted by molar-refractivity contribution is 6.36. The lowest BCUT2D eigenvalue weighted by atomic mass is 10.0. The summed E-state index contributed by atoms with van der Waals surface area (Å²) in [6, 6.07) is 16.0. The van der Waals surface area contributed by atoms with Crippen LogP contribution in [0.25, 0.3) is 0 Å². The lowest BCUT2D eigenvalue weighted by Gasteiger charge is -2.24. The molecule has 0 saturated heterocycles. The average Bonchev–Trinajstić information content (AvgIpc) is 2.92. The molecule has 0 amide bonds. The number of nitrogens with zero attached hydrogens (tertiary/aromatic N) is 2. The van der Waals surface area contributed by atoms with Crippen molar-refractivity contribution < 1.29 is 9.90 Å². The summed E-state index contributed by atoms with van der Waals surface area (Å²) in [4.78, 5) is 11.3. The Labute approximate surface area is 129 Å². The molecule has 0 saturated carbocycles. The van der Waals surface area contributed by atoms with Gasteiger partial charge in [0.25, 0.3) is 0 Å². The number of anilines is 1. The lowest BCUT2D eigenvalue weighted by molar-refractivity contribution is -0.129. The number of aliphatic carboxylic acids is 1. The zero-order valence-electron chi connectivity index (χ0n) is 12.7. The van der Waals surface area contributed by atoms with Crippen molar-refractivity contribution in [3.8, 4) is 0 Å². The number of hydrogen-bond acceptors (Lipinski definition) is 3. The molecule has 1 heterocycles. The highest BCUT2D eigenvalue weighted by atomic mass is 16.4. The second kappa shape index (κ2) is 5.64. The predicted octanol–water partition coefficient (Wildman–Crippen LogP) is 3.70. The first-order valence-corrected chi connectivity index (χ1v) is 7.28. The molecule has 4 heteroatoms. The SMILES string of the molecule is Cc1cc(C)cc(N2N=C(C(=O)O)CC2c2ccccc2)c1. The van der Waals surface area contributed by atoms with Crippen molar-refractivity contribution in [3.63, 3.8) is 0 Å². The summed E-state index contributed by atoms with van der Waals surface area (Å²) in [5.41, 5.74) is 4.49. The molecule has 1 aliphatic rings. The average molecular weight is 294 g/mol. The van der Waals surface area contributed by atoms with Gasteiger partial charge in [-0.2, -0.15) is 5.10 Å². The first-order valence-electron chi connectivity index (χ1n) is 7.28. The molecular formula is C18H18N2O2. The lowest BCUT2D eigenvalue weighted by Crippen LogP contribution is -2.18. The molecule has 0 spiro atoms. The Morgan fingerprint density at radius 1 is 1.14 bits per heavy atom. The van der Waals surface area contributed by atoms with Gasteiger partial charge in [-0.25, -0.2) is 4.79 Å². The Morgan fingerprint density at radius 2 is 1.77 bits per heavy atom. The highest BCUT2D eigenvalue weighted by Gasteiger charge is 2.32. The van der Waals surface area contributed by atoms with Crippen molar-refractivity contribution in [2.45, 2.75) is 26.3 Å². The fraction of sp³-hybridized carbons (Fsp3) is 0.222. The molecule has 0 fully saturated rings. The number of hydrogen-bond donors (Lipinski definition) is 1. The smallest absolute Gasteiger partial charge is 0.352 e. The maximum absolute atomic E-state index is 11.3. The number of carboxylic acid groups (broad SMARTS) is 1. The van der Waals surface area contributed by atoms with Gasteiger partial charge in [0, 0.05) is 6.42 Å². The van der Waals surface area contributed by atoms with Crippen LogP contribution in [0.5, 0.6) is 0 Å². The van der Waals surface area contributed by atoms with Gasteiger partial charge < -0.3 is 5.11 Å². The number of benzene rings is 2. The van der Waals surface area contributed by atoms with E-state index < -0.39 is 5.97 Å². The van der Waals surface area contributed by atoms with E-state index in [1.165, 1.54) is 0 Å². The van der Waals surface area contributed by atoms with Gasteiger partial charge in [-0.3, -0.25) is 5.01 Å². The quantitative estimate of drug-likeness (QED) is 0.939. The van der Waals surface area contributed by atoms with Crippen LogP contribution in [-0.4, -0.2) is 16.8 Å². The third kappa shape index (κ3) is 2.72. The normalized spacial score (nSPS) is 17.5. The van der Waals surface area contributed by atoms with Crippen LogP contribution in [0.15, 0.2) is 53.6 Å². The van der Waals surface area contributed by atoms with Crippen LogP contribution in [0.2, 0.25) is 0 Å². The fourth-order valence-electron chi connectivity index (χ4n) is 2.90. The van der Waals surface area contributed by atoms with Gasteiger partial charge in [0.2, 0.25) is 0 Å². The zero-order chi connectivity index (χ0) is 15.7. The van der Waals surface area contributed by atoms with Crippen LogP contribution in [-0.2, 0) is 4.79 Å². The van der Waals surface area contributed by atoms with E-state index in [0.29, 0.717) is 6.42 Å². The van der Waals surface area contributed by atoms with Gasteiger partial charge in [0.15, 0.2) is 0 Å². The van der Waals surface area contributed by atoms with E-state index in [0.717, 1.165) is 22.4 Å². The maximum atomic E-state index is 11.3. The Hall–Kier alpha value is -2.62. The van der Waals surface area contributed by atoms with Crippen LogP contribution in [0.1, 0.15) is 29.2 Å². The molecule has 1 N–H and O–H groups in total. The fourth-order valence-corrected chi connectivity index (χ4v) is 2.90. The van der Waals surface area contributed by atoms with Gasteiger partial charge in [0.05, 0.1) is 11.7 Å². The minimum absolute atomic E-state index is 0.0755. The third-order valence-corrected chi connectivity index (χ3v) is 3.81. The van der Waals surface area contributed by atoms with Crippen molar-refractivity contribution in [3.05, 3.63) is 65.2 Å². The van der Waals surface area contributed by atoms with Crippen LogP contribution in [0, 0.1) is 13.8 Å². The summed E-state index contributed by atoms with van der Waals surface area (Å²) in [6.45, 7) is 4.07. The molecule has 112 valence electrons. The van der Waals surface area contributed by atoms with E-state index in [1.54, 1.807) is 0 Å². The van der Waals surface area contributed by atoms with Gasteiger partial charge in [-0.05, 0) is 42.7 Å². The summed E-state index contributed by atoms with van der Waals surface area (Å²) >= 11 is 0. The molecule has 4 nitrogen and oxygen atoms in total. The predicted molar refractivity (Wildman–Crippen MR) is 87.3 cm³/mol. The molecule has 1 aliphatic heterocycles. The first kappa shape index (κ1) is 14.3. The maximum Gasteiger partial charge on any atom is 0.352 e. The largest absolute Gasteiger partial charge is 0.477 e. The first-order chi connectivity index (χ1) is 10.5. The van der Waals surface area contributed by atoms with E-state index in [9.17, 15) is 9.90 Å². The summed E-state index contributed by atoms with van der Waals surface area (Å²) in [7, 11) is 0. The number of carbonyl (C=O) groups is 1. The van der Waals surface area contributed by atoms with Gasteiger partial charge in [0.1, 0.15) is 5.71 Å². The molecule has 22 heavy (non-hydrogen) atoms. The molecule has 2 aromatic rings. The molecule has 0 bridgehead atoms. The molecule has 1 unspecified atom stereocenters. The number of rotatable bonds is 3. The number of aryl methyl sites for hydroxylation is 2. The van der Waals surface area contributed by atoms with E-state index in [4.69, 9.17) is 0 Å². The van der Waals surface area contributed by atoms with E-state index in [2.05, 4.69) is 11.2 Å². The molecule has 2 aromatic carbocycles. The highest BCUT2D eigenvalue weighted by Crippen LogP contribution is 2.35. The van der Waals surface area contributed by atoms with Crippen molar-refractivity contribution in [2.24, 2.45) is 5.10 Å². The van der Waals surface area contributed by atoms with Gasteiger partial charge in [-0.15, -0.1) is 0 Å². The van der Waals surface area contributed by atoms with E-state index in [-0.39, 0.29) is 11.8 Å². The van der Waals surface area contributed by atoms with Crippen molar-refractivity contribution >= 4 is 17.4 Å². The number of hydrazone groups is 1. The van der Waals surface area contributed by atoms with Crippen LogP contribution >= 0.6 is 0 Å². The molecule has 3 rings (SSSR count). The van der Waals surface area contributed by atoms with Gasteiger partial charge in [-0.1, -0.05) is 36.4 Å². The van der Waals surface area contributed by atoms with Gasteiger partial charge >= 0.3 is 5.97 Å². The Balaban J connectivity index is 2.05. The Morgan fingerprint density at radius 3 is 2.36 bits per heavy atom. The summed E-state index contributed by atoms with van der Waals surface area (Å²) < 4.78 is 0. The van der Waals surface area contributed by atoms with Crippen molar-refractivity contribution in [1.82, 2.24) is 0 Å². The van der Waals surface area contributed by atoms with Crippen LogP contribution in [0.4, 0.5) is 5.69 Å². The molecular weight excluding hydrogens is 276 g/mol. The third-order valence-electron chi connectivity index (χ3n) is 3.81. The molecule has 1 atom stereocenters. The van der Waals surface area contributed by atoms with Crippen molar-refractivity contribution in [2.75, 3.05) is 5.01 Å². The zero-order valence-corrected chi connectivity index (χ0v) is 12.7. The topological polar surface area (TPSA) is 52.9 Å². The minimum atomic E-state index is -0.951. The van der Waals surface area contributed by atoms with E-state index in [1.807, 2.05) is 61.3 Å². The summed E-state index contributed by atoms with van der Waals surface area (Å²) in [5.74, 6) is -0.951. The molecule has 0 aromatic heterocycles. The minimum Gasteiger partial charge on any atom is -0.477 e. The Kier molecular flexibility index (Phi) is 3.67. The monoisotopic (exact) mass is 294 g/mol. The second-order valence-corrected chi connectivity index (χ2v) is 5.67. The number of carboxylic acids is 1. The van der Waals surface area contributed by atoms with E-state index >= 15 is 0 Å². The summed E-state index contributed by atoms with van der Waals surface area (Å²) in [5, 5.41) is 15.5. The van der Waals surface area contributed by atoms with Crippen molar-refractivity contribution in [1.29, 1.82) is 0 Å². The van der Waals surface area contributed by atoms with Crippen LogP contribution in [0.3, 0.4) is 0 Å². The standard InChI is InChI=1S/C18H18N2O2/c1-12-8-13(2)10-15(9-12)20-17(11-16(19-20)18(21)22)14-6-4-3-5-7-14/h3-10,17H,11H2,1-2H3,(H,21,22). The molecule has 0 aliphatic carbocycles. The summed E-state index contributed by atoms with van der Waals surface area (Å²) in [6.07, 6.45) is 0.409. The second-order valence-electron chi connectivity index (χ2n) is 5.67. The molecule has 0 radical (unpaired) electrons. The Bertz CT molecular complexity index is 718. The van der Waals surface area contributed by atoms with Crippen LogP contribution < -0.4 is 5.01 Å².